The SMILES string of the molecule is CCOC(=O)C1=C(CN2C(=O)C(=O)N(c3ccccc3OCC)C2=O)NC(=O)NC1. The molecule has 3 rings (SSSR count). The fourth-order valence-corrected chi connectivity index (χ4v) is 3.02. The molecular weight excluding hydrogens is 396 g/mol. The Morgan fingerprint density at radius 3 is 2.50 bits per heavy atom. The third-order valence-electron chi connectivity index (χ3n) is 4.35. The van der Waals surface area contributed by atoms with E-state index in [4.69, 9.17) is 9.47 Å². The van der Waals surface area contributed by atoms with Crippen LogP contribution < -0.4 is 20.3 Å². The fourth-order valence-electron chi connectivity index (χ4n) is 3.02. The van der Waals surface area contributed by atoms with Crippen molar-refractivity contribution in [2.75, 3.05) is 31.2 Å². The molecule has 2 heterocycles. The van der Waals surface area contributed by atoms with Gasteiger partial charge >= 0.3 is 29.8 Å². The van der Waals surface area contributed by atoms with Gasteiger partial charge in [0.1, 0.15) is 5.75 Å². The molecule has 0 aromatic heterocycles. The summed E-state index contributed by atoms with van der Waals surface area (Å²) in [5, 5.41) is 4.83. The number of hydrogen-bond acceptors (Lipinski definition) is 7. The summed E-state index contributed by atoms with van der Waals surface area (Å²) >= 11 is 0. The molecule has 1 aromatic rings. The predicted octanol–water partition coefficient (Wildman–Crippen LogP) is 0.511. The van der Waals surface area contributed by atoms with Gasteiger partial charge in [-0.05, 0) is 26.0 Å². The molecule has 0 aliphatic carbocycles. The molecule has 0 atom stereocenters. The van der Waals surface area contributed by atoms with Crippen molar-refractivity contribution in [1.82, 2.24) is 15.5 Å². The van der Waals surface area contributed by atoms with Crippen LogP contribution >= 0.6 is 0 Å². The Kier molecular flexibility index (Phi) is 6.00. The molecule has 2 aliphatic heterocycles. The molecule has 2 aliphatic rings. The Morgan fingerprint density at radius 2 is 1.80 bits per heavy atom. The molecule has 158 valence electrons. The zero-order chi connectivity index (χ0) is 21.8. The average molecular weight is 416 g/mol. The second-order valence-corrected chi connectivity index (χ2v) is 6.20. The Balaban J connectivity index is 1.93. The molecule has 1 aromatic carbocycles. The van der Waals surface area contributed by atoms with Crippen LogP contribution in [-0.4, -0.2) is 61.0 Å². The molecule has 0 spiro atoms. The largest absolute Gasteiger partial charge is 0.492 e. The van der Waals surface area contributed by atoms with Crippen LogP contribution in [0.15, 0.2) is 35.5 Å². The van der Waals surface area contributed by atoms with Crippen molar-refractivity contribution in [1.29, 1.82) is 0 Å². The summed E-state index contributed by atoms with van der Waals surface area (Å²) in [7, 11) is 0. The smallest absolute Gasteiger partial charge is 0.339 e. The van der Waals surface area contributed by atoms with Crippen molar-refractivity contribution < 1.29 is 33.4 Å². The highest BCUT2D eigenvalue weighted by atomic mass is 16.5. The summed E-state index contributed by atoms with van der Waals surface area (Å²) in [6.07, 6.45) is 0. The lowest BCUT2D eigenvalue weighted by Crippen LogP contribution is -2.48. The van der Waals surface area contributed by atoms with Crippen molar-refractivity contribution in [2.45, 2.75) is 13.8 Å². The number of ether oxygens (including phenoxy) is 2. The van der Waals surface area contributed by atoms with E-state index in [2.05, 4.69) is 10.6 Å². The second-order valence-electron chi connectivity index (χ2n) is 6.20. The third-order valence-corrected chi connectivity index (χ3v) is 4.35. The number of benzene rings is 1. The summed E-state index contributed by atoms with van der Waals surface area (Å²) in [4.78, 5) is 63.3. The van der Waals surface area contributed by atoms with Gasteiger partial charge in [-0.2, -0.15) is 0 Å². The summed E-state index contributed by atoms with van der Waals surface area (Å²) < 4.78 is 10.4. The lowest BCUT2D eigenvalue weighted by Gasteiger charge is -2.24. The fraction of sp³-hybridized carbons (Fsp3) is 0.316. The highest BCUT2D eigenvalue weighted by molar-refractivity contribution is 6.53. The number of esters is 1. The van der Waals surface area contributed by atoms with Gasteiger partial charge in [0.15, 0.2) is 0 Å². The lowest BCUT2D eigenvalue weighted by molar-refractivity contribution is -0.139. The van der Waals surface area contributed by atoms with Crippen LogP contribution in [0.5, 0.6) is 5.75 Å². The van der Waals surface area contributed by atoms with Gasteiger partial charge in [0, 0.05) is 0 Å². The molecule has 6 amide bonds. The number of imide groups is 2. The van der Waals surface area contributed by atoms with E-state index in [9.17, 15) is 24.0 Å². The van der Waals surface area contributed by atoms with E-state index < -0.39 is 36.4 Å². The van der Waals surface area contributed by atoms with Crippen LogP contribution in [0.4, 0.5) is 15.3 Å². The third kappa shape index (κ3) is 3.81. The maximum atomic E-state index is 12.9. The Labute approximate surface area is 171 Å². The van der Waals surface area contributed by atoms with Crippen LogP contribution in [0.3, 0.4) is 0 Å². The van der Waals surface area contributed by atoms with Gasteiger partial charge in [-0.3, -0.25) is 9.59 Å². The predicted molar refractivity (Wildman–Crippen MR) is 102 cm³/mol. The number of nitrogens with zero attached hydrogens (tertiary/aromatic N) is 2. The van der Waals surface area contributed by atoms with Crippen LogP contribution in [0.2, 0.25) is 0 Å². The van der Waals surface area contributed by atoms with Crippen molar-refractivity contribution >= 4 is 35.5 Å². The van der Waals surface area contributed by atoms with E-state index in [0.29, 0.717) is 16.4 Å². The maximum Gasteiger partial charge on any atom is 0.339 e. The minimum Gasteiger partial charge on any atom is -0.492 e. The average Bonchev–Trinajstić information content (AvgIpc) is 2.92. The quantitative estimate of drug-likeness (QED) is 0.376. The first-order valence-electron chi connectivity index (χ1n) is 9.24. The van der Waals surface area contributed by atoms with Gasteiger partial charge in [-0.15, -0.1) is 0 Å². The van der Waals surface area contributed by atoms with E-state index in [1.807, 2.05) is 0 Å². The van der Waals surface area contributed by atoms with Crippen molar-refractivity contribution in [3.63, 3.8) is 0 Å². The monoisotopic (exact) mass is 416 g/mol. The Morgan fingerprint density at radius 1 is 1.07 bits per heavy atom. The van der Waals surface area contributed by atoms with E-state index in [1.54, 1.807) is 32.0 Å². The summed E-state index contributed by atoms with van der Waals surface area (Å²) in [6, 6.07) is 4.79. The molecule has 1 saturated heterocycles. The zero-order valence-electron chi connectivity index (χ0n) is 16.4. The standard InChI is InChI=1S/C19H20N4O7/c1-3-29-14-8-6-5-7-13(14)23-16(25)15(24)22(19(23)28)10-12-11(17(26)30-4-2)9-20-18(27)21-12/h5-8H,3-4,9-10H2,1-2H3,(H2,20,21,27). The zero-order valence-corrected chi connectivity index (χ0v) is 16.4. The van der Waals surface area contributed by atoms with Crippen LogP contribution in [-0.2, 0) is 19.1 Å². The molecule has 11 heteroatoms. The van der Waals surface area contributed by atoms with E-state index in [-0.39, 0.29) is 35.9 Å². The minimum absolute atomic E-state index is 0.00615. The number of hydrogen-bond donors (Lipinski definition) is 2. The molecular formula is C19H20N4O7. The summed E-state index contributed by atoms with van der Waals surface area (Å²) in [6.45, 7) is 3.14. The Hall–Kier alpha value is -3.89. The minimum atomic E-state index is -1.09. The molecule has 0 saturated carbocycles. The highest BCUT2D eigenvalue weighted by Crippen LogP contribution is 2.32. The van der Waals surface area contributed by atoms with Crippen LogP contribution in [0, 0.1) is 0 Å². The number of carbonyl (C=O) groups excluding carboxylic acids is 5. The van der Waals surface area contributed by atoms with Gasteiger partial charge in [0.25, 0.3) is 0 Å². The molecule has 0 unspecified atom stereocenters. The topological polar surface area (TPSA) is 134 Å². The van der Waals surface area contributed by atoms with Crippen LogP contribution in [0.25, 0.3) is 0 Å². The maximum absolute atomic E-state index is 12.9. The van der Waals surface area contributed by atoms with Gasteiger partial charge in [-0.1, -0.05) is 12.1 Å². The van der Waals surface area contributed by atoms with Gasteiger partial charge in [0.05, 0.1) is 43.3 Å². The van der Waals surface area contributed by atoms with Gasteiger partial charge in [-0.25, -0.2) is 24.2 Å². The number of nitrogens with one attached hydrogen (secondary N) is 2. The van der Waals surface area contributed by atoms with E-state index in [1.165, 1.54) is 6.07 Å². The normalized spacial score (nSPS) is 16.6. The lowest BCUT2D eigenvalue weighted by atomic mass is 10.1. The summed E-state index contributed by atoms with van der Waals surface area (Å²) in [5.41, 5.74) is 0.184. The first kappa shape index (κ1) is 20.8. The number of anilines is 1. The Bertz CT molecular complexity index is 956. The molecule has 30 heavy (non-hydrogen) atoms. The number of urea groups is 2. The number of para-hydroxylation sites is 2. The van der Waals surface area contributed by atoms with Crippen molar-refractivity contribution in [3.8, 4) is 5.75 Å². The molecule has 2 N–H and O–H groups in total. The number of rotatable bonds is 7. The van der Waals surface area contributed by atoms with Crippen molar-refractivity contribution in [3.05, 3.63) is 35.5 Å². The number of carbonyl (C=O) groups is 5. The summed E-state index contributed by atoms with van der Waals surface area (Å²) in [5.74, 6) is -2.59. The molecule has 11 nitrogen and oxygen atoms in total. The molecule has 0 radical (unpaired) electrons. The van der Waals surface area contributed by atoms with E-state index in [0.717, 1.165) is 0 Å². The molecule has 0 bridgehead atoms. The second kappa shape index (κ2) is 8.64. The van der Waals surface area contributed by atoms with Crippen LogP contribution in [0.1, 0.15) is 13.8 Å². The first-order chi connectivity index (χ1) is 14.4. The number of amides is 6. The van der Waals surface area contributed by atoms with E-state index >= 15 is 0 Å². The first-order valence-corrected chi connectivity index (χ1v) is 9.24. The highest BCUT2D eigenvalue weighted by Gasteiger charge is 2.47. The van der Waals surface area contributed by atoms with Gasteiger partial charge in [0.2, 0.25) is 0 Å². The van der Waals surface area contributed by atoms with Crippen molar-refractivity contribution in [2.24, 2.45) is 0 Å². The molecule has 1 fully saturated rings. The van der Waals surface area contributed by atoms with Gasteiger partial charge < -0.3 is 20.1 Å².